The second-order valence-electron chi connectivity index (χ2n) is 4.83. The van der Waals surface area contributed by atoms with Crippen LogP contribution in [0.25, 0.3) is 6.08 Å². The third kappa shape index (κ3) is 4.36. The first-order valence-corrected chi connectivity index (χ1v) is 6.48. The topological polar surface area (TPSA) is 26.3 Å². The van der Waals surface area contributed by atoms with Crippen LogP contribution in [0.1, 0.15) is 37.5 Å². The van der Waals surface area contributed by atoms with Gasteiger partial charge in [0.2, 0.25) is 0 Å². The maximum absolute atomic E-state index is 11.4. The van der Waals surface area contributed by atoms with Crippen molar-refractivity contribution in [3.63, 3.8) is 0 Å². The highest BCUT2D eigenvalue weighted by Crippen LogP contribution is 2.19. The van der Waals surface area contributed by atoms with E-state index in [9.17, 15) is 4.79 Å². The molecule has 0 fully saturated rings. The Morgan fingerprint density at radius 2 is 2.11 bits per heavy atom. The lowest BCUT2D eigenvalue weighted by molar-refractivity contribution is -0.137. The van der Waals surface area contributed by atoms with E-state index in [-0.39, 0.29) is 5.97 Å². The van der Waals surface area contributed by atoms with Crippen LogP contribution in [0.4, 0.5) is 0 Å². The summed E-state index contributed by atoms with van der Waals surface area (Å²) in [4.78, 5) is 11.4. The van der Waals surface area contributed by atoms with Crippen LogP contribution in [0.5, 0.6) is 0 Å². The van der Waals surface area contributed by atoms with Crippen molar-refractivity contribution in [2.45, 2.75) is 34.1 Å². The minimum atomic E-state index is -0.281. The molecule has 0 atom stereocenters. The Morgan fingerprint density at radius 3 is 2.72 bits per heavy atom. The molecule has 1 aromatic carbocycles. The minimum Gasteiger partial charge on any atom is -0.463 e. The number of rotatable bonds is 5. The third-order valence-corrected chi connectivity index (χ3v) is 2.72. The van der Waals surface area contributed by atoms with Gasteiger partial charge < -0.3 is 4.74 Å². The molecule has 2 nitrogen and oxygen atoms in total. The van der Waals surface area contributed by atoms with Gasteiger partial charge in [-0.25, -0.2) is 4.79 Å². The summed E-state index contributed by atoms with van der Waals surface area (Å²) >= 11 is 0. The Labute approximate surface area is 110 Å². The average molecular weight is 246 g/mol. The molecular formula is C16H22O2. The second-order valence-corrected chi connectivity index (χ2v) is 4.83. The van der Waals surface area contributed by atoms with Crippen LogP contribution in [-0.2, 0) is 16.0 Å². The standard InChI is InChI=1S/C16H22O2/c1-5-18-16(17)10-9-15-13(4)7-6-8-14(15)11-12(2)3/h6-10,12H,5,11H2,1-4H3/b10-9+. The number of carbonyl (C=O) groups is 1. The van der Waals surface area contributed by atoms with Gasteiger partial charge in [-0.3, -0.25) is 0 Å². The van der Waals surface area contributed by atoms with Crippen molar-refractivity contribution >= 4 is 12.0 Å². The molecule has 0 heterocycles. The summed E-state index contributed by atoms with van der Waals surface area (Å²) in [7, 11) is 0. The Bertz CT molecular complexity index is 431. The van der Waals surface area contributed by atoms with E-state index in [0.717, 1.165) is 12.0 Å². The maximum Gasteiger partial charge on any atom is 0.330 e. The largest absolute Gasteiger partial charge is 0.463 e. The van der Waals surface area contributed by atoms with Crippen LogP contribution < -0.4 is 0 Å². The van der Waals surface area contributed by atoms with Crippen LogP contribution in [0.2, 0.25) is 0 Å². The molecule has 0 unspecified atom stereocenters. The fraction of sp³-hybridized carbons (Fsp3) is 0.438. The van der Waals surface area contributed by atoms with E-state index in [0.29, 0.717) is 12.5 Å². The van der Waals surface area contributed by atoms with Gasteiger partial charge in [-0.1, -0.05) is 32.0 Å². The molecule has 0 saturated heterocycles. The van der Waals surface area contributed by atoms with Gasteiger partial charge in [0.25, 0.3) is 0 Å². The molecule has 0 amide bonds. The van der Waals surface area contributed by atoms with E-state index in [1.165, 1.54) is 17.2 Å². The molecule has 98 valence electrons. The lowest BCUT2D eigenvalue weighted by atomic mass is 9.94. The number of hydrogen-bond acceptors (Lipinski definition) is 2. The van der Waals surface area contributed by atoms with Crippen molar-refractivity contribution in [2.24, 2.45) is 5.92 Å². The highest BCUT2D eigenvalue weighted by atomic mass is 16.5. The van der Waals surface area contributed by atoms with E-state index in [4.69, 9.17) is 4.74 Å². The van der Waals surface area contributed by atoms with Gasteiger partial charge in [-0.05, 0) is 49.0 Å². The fourth-order valence-electron chi connectivity index (χ4n) is 1.94. The van der Waals surface area contributed by atoms with Gasteiger partial charge in [0.1, 0.15) is 0 Å². The molecule has 1 rings (SSSR count). The zero-order chi connectivity index (χ0) is 13.5. The van der Waals surface area contributed by atoms with Gasteiger partial charge in [0.15, 0.2) is 0 Å². The fourth-order valence-corrected chi connectivity index (χ4v) is 1.94. The van der Waals surface area contributed by atoms with Crippen molar-refractivity contribution < 1.29 is 9.53 Å². The summed E-state index contributed by atoms with van der Waals surface area (Å²) in [6.45, 7) is 8.68. The summed E-state index contributed by atoms with van der Waals surface area (Å²) in [5, 5.41) is 0. The van der Waals surface area contributed by atoms with Gasteiger partial charge >= 0.3 is 5.97 Å². The van der Waals surface area contributed by atoms with E-state index in [1.54, 1.807) is 0 Å². The van der Waals surface area contributed by atoms with E-state index >= 15 is 0 Å². The van der Waals surface area contributed by atoms with E-state index in [1.807, 2.05) is 13.0 Å². The molecule has 0 aliphatic carbocycles. The summed E-state index contributed by atoms with van der Waals surface area (Å²) in [6.07, 6.45) is 4.39. The highest BCUT2D eigenvalue weighted by Gasteiger charge is 2.05. The summed E-state index contributed by atoms with van der Waals surface area (Å²) in [6, 6.07) is 6.25. The Hall–Kier alpha value is -1.57. The zero-order valence-electron chi connectivity index (χ0n) is 11.7. The normalized spacial score (nSPS) is 11.2. The van der Waals surface area contributed by atoms with Gasteiger partial charge in [0, 0.05) is 6.08 Å². The molecular weight excluding hydrogens is 224 g/mol. The smallest absolute Gasteiger partial charge is 0.330 e. The molecule has 2 heteroatoms. The van der Waals surface area contributed by atoms with Crippen LogP contribution >= 0.6 is 0 Å². The molecule has 0 spiro atoms. The van der Waals surface area contributed by atoms with Crippen LogP contribution in [0, 0.1) is 12.8 Å². The minimum absolute atomic E-state index is 0.281. The van der Waals surface area contributed by atoms with Crippen LogP contribution in [0.3, 0.4) is 0 Å². The van der Waals surface area contributed by atoms with E-state index in [2.05, 4.69) is 39.0 Å². The van der Waals surface area contributed by atoms with Crippen molar-refractivity contribution in [1.82, 2.24) is 0 Å². The first-order valence-electron chi connectivity index (χ1n) is 6.48. The third-order valence-electron chi connectivity index (χ3n) is 2.72. The number of ether oxygens (including phenoxy) is 1. The van der Waals surface area contributed by atoms with Crippen molar-refractivity contribution in [3.8, 4) is 0 Å². The highest BCUT2D eigenvalue weighted by molar-refractivity contribution is 5.87. The molecule has 0 aliphatic rings. The maximum atomic E-state index is 11.4. The zero-order valence-corrected chi connectivity index (χ0v) is 11.7. The molecule has 0 N–H and O–H groups in total. The average Bonchev–Trinajstić information content (AvgIpc) is 2.28. The summed E-state index contributed by atoms with van der Waals surface area (Å²) in [5.41, 5.74) is 3.61. The van der Waals surface area contributed by atoms with Gasteiger partial charge in [-0.2, -0.15) is 0 Å². The first-order chi connectivity index (χ1) is 8.54. The van der Waals surface area contributed by atoms with Gasteiger partial charge in [0.05, 0.1) is 6.61 Å². The molecule has 0 aliphatic heterocycles. The second kappa shape index (κ2) is 7.00. The molecule has 0 aromatic heterocycles. The molecule has 0 radical (unpaired) electrons. The predicted molar refractivity (Wildman–Crippen MR) is 75.4 cm³/mol. The number of aryl methyl sites for hydroxylation is 1. The lowest BCUT2D eigenvalue weighted by Crippen LogP contribution is -2.01. The van der Waals surface area contributed by atoms with Crippen LogP contribution in [0.15, 0.2) is 24.3 Å². The molecule has 0 saturated carbocycles. The predicted octanol–water partition coefficient (Wildman–Crippen LogP) is 3.77. The molecule has 0 bridgehead atoms. The number of hydrogen-bond donors (Lipinski definition) is 0. The van der Waals surface area contributed by atoms with Crippen LogP contribution in [-0.4, -0.2) is 12.6 Å². The molecule has 1 aromatic rings. The summed E-state index contributed by atoms with van der Waals surface area (Å²) in [5.74, 6) is 0.317. The quantitative estimate of drug-likeness (QED) is 0.584. The van der Waals surface area contributed by atoms with Crippen molar-refractivity contribution in [2.75, 3.05) is 6.61 Å². The Kier molecular flexibility index (Phi) is 5.63. The number of benzene rings is 1. The van der Waals surface area contributed by atoms with Crippen molar-refractivity contribution in [3.05, 3.63) is 41.0 Å². The number of carbonyl (C=O) groups excluding carboxylic acids is 1. The van der Waals surface area contributed by atoms with E-state index < -0.39 is 0 Å². The van der Waals surface area contributed by atoms with Gasteiger partial charge in [-0.15, -0.1) is 0 Å². The monoisotopic (exact) mass is 246 g/mol. The SMILES string of the molecule is CCOC(=O)/C=C/c1c(C)cccc1CC(C)C. The Balaban J connectivity index is 2.95. The molecule has 18 heavy (non-hydrogen) atoms. The Morgan fingerprint density at radius 1 is 1.39 bits per heavy atom. The van der Waals surface area contributed by atoms with Crippen molar-refractivity contribution in [1.29, 1.82) is 0 Å². The first kappa shape index (κ1) is 14.5. The number of esters is 1. The lowest BCUT2D eigenvalue weighted by Gasteiger charge is -2.11. The summed E-state index contributed by atoms with van der Waals surface area (Å²) < 4.78 is 4.90.